The number of aromatic nitrogens is 2. The zero-order valence-corrected chi connectivity index (χ0v) is 10.9. The minimum absolute atomic E-state index is 0.534. The zero-order chi connectivity index (χ0) is 12.5. The van der Waals surface area contributed by atoms with E-state index in [0.717, 1.165) is 49.7 Å². The quantitative estimate of drug-likeness (QED) is 0.807. The lowest BCUT2D eigenvalue weighted by atomic mass is 9.98. The van der Waals surface area contributed by atoms with Gasteiger partial charge in [-0.1, -0.05) is 0 Å². The van der Waals surface area contributed by atoms with Crippen molar-refractivity contribution in [2.75, 3.05) is 18.0 Å². The minimum atomic E-state index is -0.534. The second-order valence-corrected chi connectivity index (χ2v) is 5.29. The highest BCUT2D eigenvalue weighted by atomic mass is 16.3. The molecule has 1 N–H and O–H groups in total. The first-order valence-corrected chi connectivity index (χ1v) is 6.26. The van der Waals surface area contributed by atoms with Crippen molar-refractivity contribution in [3.05, 3.63) is 17.5 Å². The van der Waals surface area contributed by atoms with Crippen molar-refractivity contribution in [3.8, 4) is 0 Å². The molecule has 0 bridgehead atoms. The summed E-state index contributed by atoms with van der Waals surface area (Å²) < 4.78 is 0. The number of hydrogen-bond acceptors (Lipinski definition) is 4. The average molecular weight is 235 g/mol. The highest BCUT2D eigenvalue weighted by molar-refractivity contribution is 5.32. The molecule has 1 aliphatic rings. The van der Waals surface area contributed by atoms with Crippen molar-refractivity contribution in [1.82, 2.24) is 9.97 Å². The van der Waals surface area contributed by atoms with Gasteiger partial charge in [0.15, 0.2) is 0 Å². The summed E-state index contributed by atoms with van der Waals surface area (Å²) in [6, 6.07) is 1.98. The molecule has 1 atom stereocenters. The van der Waals surface area contributed by atoms with Gasteiger partial charge >= 0.3 is 0 Å². The van der Waals surface area contributed by atoms with Crippen molar-refractivity contribution in [3.63, 3.8) is 0 Å². The molecule has 1 aromatic heterocycles. The van der Waals surface area contributed by atoms with E-state index in [1.165, 1.54) is 0 Å². The summed E-state index contributed by atoms with van der Waals surface area (Å²) in [5.41, 5.74) is 1.47. The van der Waals surface area contributed by atoms with Gasteiger partial charge in [0.05, 0.1) is 5.60 Å². The van der Waals surface area contributed by atoms with E-state index in [2.05, 4.69) is 14.9 Å². The Bertz CT molecular complexity index is 383. The molecule has 1 saturated heterocycles. The van der Waals surface area contributed by atoms with Crippen LogP contribution >= 0.6 is 0 Å². The van der Waals surface area contributed by atoms with Crippen LogP contribution in [-0.4, -0.2) is 33.8 Å². The number of rotatable bonds is 1. The molecule has 1 fully saturated rings. The van der Waals surface area contributed by atoms with Crippen LogP contribution in [0, 0.1) is 13.8 Å². The molecular weight excluding hydrogens is 214 g/mol. The number of anilines is 1. The summed E-state index contributed by atoms with van der Waals surface area (Å²) in [6.07, 6.45) is 2.63. The first-order valence-electron chi connectivity index (χ1n) is 6.26. The van der Waals surface area contributed by atoms with E-state index >= 15 is 0 Å². The Morgan fingerprint density at radius 2 is 1.82 bits per heavy atom. The molecule has 1 aromatic rings. The first-order chi connectivity index (χ1) is 7.96. The normalized spacial score (nSPS) is 25.8. The highest BCUT2D eigenvalue weighted by Gasteiger charge is 2.25. The molecule has 0 aromatic carbocycles. The Hall–Kier alpha value is -1.16. The van der Waals surface area contributed by atoms with Gasteiger partial charge in [-0.05, 0) is 46.1 Å². The predicted octanol–water partition coefficient (Wildman–Crippen LogP) is 1.83. The molecule has 4 heteroatoms. The molecule has 17 heavy (non-hydrogen) atoms. The van der Waals surface area contributed by atoms with Crippen molar-refractivity contribution in [2.45, 2.75) is 45.6 Å². The van der Waals surface area contributed by atoms with E-state index in [1.54, 1.807) is 0 Å². The van der Waals surface area contributed by atoms with Crippen molar-refractivity contribution >= 4 is 5.95 Å². The molecule has 2 rings (SSSR count). The Morgan fingerprint density at radius 3 is 2.47 bits per heavy atom. The van der Waals surface area contributed by atoms with E-state index in [1.807, 2.05) is 26.8 Å². The molecule has 0 spiro atoms. The Morgan fingerprint density at radius 1 is 1.18 bits per heavy atom. The van der Waals surface area contributed by atoms with E-state index in [4.69, 9.17) is 0 Å². The van der Waals surface area contributed by atoms with Gasteiger partial charge in [0.25, 0.3) is 0 Å². The van der Waals surface area contributed by atoms with Crippen LogP contribution < -0.4 is 4.90 Å². The highest BCUT2D eigenvalue weighted by Crippen LogP contribution is 2.23. The molecule has 2 heterocycles. The maximum absolute atomic E-state index is 10.1. The Labute approximate surface area is 103 Å². The van der Waals surface area contributed by atoms with Crippen LogP contribution in [0.4, 0.5) is 5.95 Å². The lowest BCUT2D eigenvalue weighted by Crippen LogP contribution is -2.29. The van der Waals surface area contributed by atoms with E-state index in [0.29, 0.717) is 0 Å². The number of nitrogens with zero attached hydrogens (tertiary/aromatic N) is 3. The molecule has 1 aliphatic heterocycles. The number of aryl methyl sites for hydroxylation is 2. The summed E-state index contributed by atoms with van der Waals surface area (Å²) in [7, 11) is 0. The van der Waals surface area contributed by atoms with Crippen LogP contribution in [0.2, 0.25) is 0 Å². The summed E-state index contributed by atoms with van der Waals surface area (Å²) >= 11 is 0. The zero-order valence-electron chi connectivity index (χ0n) is 10.9. The van der Waals surface area contributed by atoms with Gasteiger partial charge in [-0.25, -0.2) is 9.97 Å². The van der Waals surface area contributed by atoms with Crippen molar-refractivity contribution in [2.24, 2.45) is 0 Å². The maximum Gasteiger partial charge on any atom is 0.225 e. The van der Waals surface area contributed by atoms with Gasteiger partial charge in [0.2, 0.25) is 5.95 Å². The third-order valence-electron chi connectivity index (χ3n) is 3.32. The van der Waals surface area contributed by atoms with Crippen molar-refractivity contribution < 1.29 is 5.11 Å². The van der Waals surface area contributed by atoms with E-state index in [9.17, 15) is 5.11 Å². The topological polar surface area (TPSA) is 49.2 Å². The third kappa shape index (κ3) is 3.16. The lowest BCUT2D eigenvalue weighted by molar-refractivity contribution is 0.0481. The molecule has 1 unspecified atom stereocenters. The number of aliphatic hydroxyl groups is 1. The molecule has 0 aliphatic carbocycles. The molecule has 4 nitrogen and oxygen atoms in total. The van der Waals surface area contributed by atoms with Crippen LogP contribution in [-0.2, 0) is 0 Å². The fourth-order valence-corrected chi connectivity index (χ4v) is 2.31. The van der Waals surface area contributed by atoms with E-state index < -0.39 is 5.60 Å². The summed E-state index contributed by atoms with van der Waals surface area (Å²) in [5, 5.41) is 10.1. The minimum Gasteiger partial charge on any atom is -0.390 e. The standard InChI is InChI=1S/C13H21N3O/c1-10-9-11(2)15-12(14-10)16-7-4-5-13(3,17)6-8-16/h9,17H,4-8H2,1-3H3. The molecule has 0 saturated carbocycles. The van der Waals surface area contributed by atoms with Gasteiger partial charge in [0, 0.05) is 24.5 Å². The van der Waals surface area contributed by atoms with Gasteiger partial charge in [-0.2, -0.15) is 0 Å². The smallest absolute Gasteiger partial charge is 0.225 e. The fraction of sp³-hybridized carbons (Fsp3) is 0.692. The SMILES string of the molecule is Cc1cc(C)nc(N2CCCC(C)(O)CC2)n1. The van der Waals surface area contributed by atoms with Crippen LogP contribution in [0.5, 0.6) is 0 Å². The van der Waals surface area contributed by atoms with E-state index in [-0.39, 0.29) is 0 Å². The monoisotopic (exact) mass is 235 g/mol. The molecule has 0 radical (unpaired) electrons. The van der Waals surface area contributed by atoms with Crippen LogP contribution in [0.1, 0.15) is 37.6 Å². The van der Waals surface area contributed by atoms with Crippen LogP contribution in [0.15, 0.2) is 6.07 Å². The largest absolute Gasteiger partial charge is 0.390 e. The second kappa shape index (κ2) is 4.61. The fourth-order valence-electron chi connectivity index (χ4n) is 2.31. The van der Waals surface area contributed by atoms with Gasteiger partial charge in [-0.3, -0.25) is 0 Å². The third-order valence-corrected chi connectivity index (χ3v) is 3.32. The average Bonchev–Trinajstić information content (AvgIpc) is 2.38. The van der Waals surface area contributed by atoms with Gasteiger partial charge in [-0.15, -0.1) is 0 Å². The van der Waals surface area contributed by atoms with Crippen LogP contribution in [0.25, 0.3) is 0 Å². The first kappa shape index (κ1) is 12.3. The second-order valence-electron chi connectivity index (χ2n) is 5.29. The van der Waals surface area contributed by atoms with Gasteiger partial charge < -0.3 is 10.0 Å². The summed E-state index contributed by atoms with van der Waals surface area (Å²) in [6.45, 7) is 7.66. The maximum atomic E-state index is 10.1. The van der Waals surface area contributed by atoms with Crippen molar-refractivity contribution in [1.29, 1.82) is 0 Å². The number of hydrogen-bond donors (Lipinski definition) is 1. The van der Waals surface area contributed by atoms with Crippen LogP contribution in [0.3, 0.4) is 0 Å². The molecular formula is C13H21N3O. The molecule has 94 valence electrons. The summed E-state index contributed by atoms with van der Waals surface area (Å²) in [5.74, 6) is 0.806. The predicted molar refractivity (Wildman–Crippen MR) is 68.2 cm³/mol. The lowest BCUT2D eigenvalue weighted by Gasteiger charge is -2.22. The Balaban J connectivity index is 2.17. The Kier molecular flexibility index (Phi) is 3.33. The molecule has 0 amide bonds. The summed E-state index contributed by atoms with van der Waals surface area (Å²) in [4.78, 5) is 11.1. The van der Waals surface area contributed by atoms with Gasteiger partial charge in [0.1, 0.15) is 0 Å².